The molecule has 5 rings (SSSR count). The van der Waals surface area contributed by atoms with Crippen LogP contribution < -0.4 is 5.32 Å². The lowest BCUT2D eigenvalue weighted by atomic mass is 9.74. The molecule has 0 radical (unpaired) electrons. The van der Waals surface area contributed by atoms with Gasteiger partial charge in [0.25, 0.3) is 0 Å². The van der Waals surface area contributed by atoms with Crippen molar-refractivity contribution < 1.29 is 72.0 Å². The lowest BCUT2D eigenvalue weighted by Crippen LogP contribution is -2.60. The van der Waals surface area contributed by atoms with Crippen LogP contribution in [0.5, 0.6) is 0 Å². The van der Waals surface area contributed by atoms with Gasteiger partial charge in [-0.2, -0.15) is 0 Å². The lowest BCUT2D eigenvalue weighted by molar-refractivity contribution is -0.309. The van der Waals surface area contributed by atoms with E-state index in [1.807, 2.05) is 63.9 Å². The van der Waals surface area contributed by atoms with E-state index in [1.54, 1.807) is 64.3 Å². The number of aliphatic hydroxyl groups is 3. The number of piperidine rings is 1. The predicted octanol–water partition coefficient (Wildman–Crippen LogP) is 6.23. The molecular weight excluding hydrogens is 1090 g/mol. The first-order valence-corrected chi connectivity index (χ1v) is 28.1. The van der Waals surface area contributed by atoms with Gasteiger partial charge in [0.05, 0.1) is 53.7 Å². The van der Waals surface area contributed by atoms with E-state index in [9.17, 15) is 39.5 Å². The van der Waals surface area contributed by atoms with Crippen molar-refractivity contribution in [2.24, 2.45) is 23.7 Å². The highest BCUT2D eigenvalue weighted by molar-refractivity contribution is 14.1. The molecule has 0 aromatic heterocycles. The number of methoxy groups -OCH3 is 3. The third kappa shape index (κ3) is 15.3. The SMILES string of the molecule is CO[C@H](c1ccc(C2CCN(C(C)=O)CC2)cc1)[C@@H](CF)NC(=O)CCN(C)[C@@H]1C[C@H](O[C@@H]2[C@@H](C)[C@H](O[C@H]3C[C@@](C)(OC)[C@@H](O)[C@H](C)O3)[C@@H](C)C(=O)O[C@H](I)[C@@](C)(O)[C@H](O)[C@@H](C)C(=N)[C@H](C)C[C@@]2(C)OC)O[C@H](C)C1. The standard InChI is InChI=1S/C55H90FIN4O14/c1-30-27-54(9,70-14)50(33(4)46(73-44-28-53(8,69-13)49(65)35(6)72-44)34(5)51(66)75-52(57)55(10,67)48(64)32(3)45(30)58)74-43-26-40(25-31(2)71-43)60(11)22-21-42(63)59-41(29-56)47(68-12)39-17-15-37(16-18-39)38-19-23-61(24-20-38)36(7)62/h15-18,30-35,38,40-41,43-44,46-50,52,58,64-65,67H,19-29H2,1-14H3,(H,59,63)/t30-,31-,32+,33+,34-,35+,40+,41-,43+,44+,46+,47-,48-,49+,50-,52+,53-,54-,55+/m1/s1. The number of esters is 1. The summed E-state index contributed by atoms with van der Waals surface area (Å²) in [6.45, 7) is 18.3. The summed E-state index contributed by atoms with van der Waals surface area (Å²) in [6, 6.07) is 6.86. The molecule has 428 valence electrons. The quantitative estimate of drug-likeness (QED) is 0.0703. The van der Waals surface area contributed by atoms with Crippen molar-refractivity contribution >= 4 is 46.1 Å². The highest BCUT2D eigenvalue weighted by Crippen LogP contribution is 2.42. The summed E-state index contributed by atoms with van der Waals surface area (Å²) in [6.07, 6.45) is -4.67. The molecule has 0 unspecified atom stereocenters. The van der Waals surface area contributed by atoms with Gasteiger partial charge >= 0.3 is 5.97 Å². The highest BCUT2D eigenvalue weighted by Gasteiger charge is 2.53. The Morgan fingerprint density at radius 3 is 2.12 bits per heavy atom. The second kappa shape index (κ2) is 27.1. The van der Waals surface area contributed by atoms with Gasteiger partial charge in [0.15, 0.2) is 16.7 Å². The number of likely N-dealkylation sites (tertiary alicyclic amines) is 1. The van der Waals surface area contributed by atoms with E-state index in [0.717, 1.165) is 24.0 Å². The van der Waals surface area contributed by atoms with Gasteiger partial charge in [-0.15, -0.1) is 0 Å². The van der Waals surface area contributed by atoms with E-state index >= 15 is 0 Å². The third-order valence-corrected chi connectivity index (χ3v) is 18.6. The number of carbonyl (C=O) groups excluding carboxylic acids is 3. The zero-order chi connectivity index (χ0) is 55.9. The first kappa shape index (κ1) is 63.4. The van der Waals surface area contributed by atoms with E-state index in [4.69, 9.17) is 37.9 Å². The largest absolute Gasteiger partial charge is 0.448 e. The molecule has 4 heterocycles. The van der Waals surface area contributed by atoms with Crippen LogP contribution in [-0.2, 0) is 52.3 Å². The van der Waals surface area contributed by atoms with Crippen molar-refractivity contribution in [1.82, 2.24) is 15.1 Å². The van der Waals surface area contributed by atoms with Gasteiger partial charge in [0.1, 0.15) is 24.5 Å². The molecule has 2 amide bonds. The normalized spacial score (nSPS) is 38.9. The van der Waals surface area contributed by atoms with Gasteiger partial charge in [-0.1, -0.05) is 45.0 Å². The molecule has 20 heteroatoms. The summed E-state index contributed by atoms with van der Waals surface area (Å²) in [5.74, 6) is -3.69. The molecule has 0 saturated carbocycles. The topological polar surface area (TPSA) is 228 Å². The van der Waals surface area contributed by atoms with Crippen LogP contribution in [0.25, 0.3) is 0 Å². The van der Waals surface area contributed by atoms with E-state index in [0.29, 0.717) is 38.4 Å². The molecule has 0 bridgehead atoms. The van der Waals surface area contributed by atoms with Crippen LogP contribution in [0.2, 0.25) is 0 Å². The molecule has 18 nitrogen and oxygen atoms in total. The zero-order valence-corrected chi connectivity index (χ0v) is 49.0. The Balaban J connectivity index is 1.36. The third-order valence-electron chi connectivity index (χ3n) is 17.1. The molecule has 19 atom stereocenters. The average molecular weight is 1180 g/mol. The molecule has 4 aliphatic heterocycles. The minimum absolute atomic E-state index is 0.0818. The fraction of sp³-hybridized carbons (Fsp3) is 0.818. The van der Waals surface area contributed by atoms with Crippen molar-refractivity contribution in [2.75, 3.05) is 54.7 Å². The number of nitrogens with zero attached hydrogens (tertiary/aromatic N) is 2. The number of nitrogens with one attached hydrogen (secondary N) is 2. The van der Waals surface area contributed by atoms with Crippen LogP contribution in [0.1, 0.15) is 137 Å². The Bertz CT molecular complexity index is 2040. The number of amides is 2. The second-order valence-corrected chi connectivity index (χ2v) is 23.8. The molecule has 0 spiro atoms. The van der Waals surface area contributed by atoms with Crippen LogP contribution in [0.4, 0.5) is 4.39 Å². The Morgan fingerprint density at radius 1 is 0.920 bits per heavy atom. The summed E-state index contributed by atoms with van der Waals surface area (Å²) in [5, 5.41) is 46.5. The first-order chi connectivity index (χ1) is 35.1. The van der Waals surface area contributed by atoms with Crippen molar-refractivity contribution in [3.63, 3.8) is 0 Å². The molecule has 1 aromatic carbocycles. The number of hydrogen-bond donors (Lipinski definition) is 5. The number of halogens is 2. The van der Waals surface area contributed by atoms with Gasteiger partial charge in [-0.05, 0) is 120 Å². The Hall–Kier alpha value is -2.48. The van der Waals surface area contributed by atoms with Gasteiger partial charge in [0.2, 0.25) is 11.8 Å². The van der Waals surface area contributed by atoms with Crippen molar-refractivity contribution in [3.8, 4) is 0 Å². The molecule has 0 aliphatic carbocycles. The van der Waals surface area contributed by atoms with Gasteiger partial charge in [-0.25, -0.2) is 4.39 Å². The van der Waals surface area contributed by atoms with Crippen LogP contribution in [0.3, 0.4) is 0 Å². The molecule has 5 N–H and O–H groups in total. The van der Waals surface area contributed by atoms with Crippen molar-refractivity contribution in [3.05, 3.63) is 35.4 Å². The summed E-state index contributed by atoms with van der Waals surface area (Å²) in [7, 11) is 6.50. The van der Waals surface area contributed by atoms with Crippen LogP contribution in [0, 0.1) is 29.1 Å². The summed E-state index contributed by atoms with van der Waals surface area (Å²) in [5.41, 5.74) is -2.13. The number of hydrogen-bond acceptors (Lipinski definition) is 16. The molecule has 4 saturated heterocycles. The van der Waals surface area contributed by atoms with Gasteiger partial charge in [-0.3, -0.25) is 14.4 Å². The minimum Gasteiger partial charge on any atom is -0.448 e. The number of aliphatic hydroxyl groups excluding tert-OH is 2. The van der Waals surface area contributed by atoms with E-state index in [2.05, 4.69) is 10.2 Å². The van der Waals surface area contributed by atoms with Crippen LogP contribution in [-0.4, -0.2) is 186 Å². The molecule has 4 fully saturated rings. The van der Waals surface area contributed by atoms with Crippen LogP contribution in [0.15, 0.2) is 24.3 Å². The average Bonchev–Trinajstić information content (AvgIpc) is 3.38. The zero-order valence-electron chi connectivity index (χ0n) is 46.9. The fourth-order valence-electron chi connectivity index (χ4n) is 11.9. The lowest BCUT2D eigenvalue weighted by Gasteiger charge is -2.49. The smallest absolute Gasteiger partial charge is 0.312 e. The van der Waals surface area contributed by atoms with E-state index < -0.39 is 112 Å². The Kier molecular flexibility index (Phi) is 22.9. The molecule has 1 aromatic rings. The summed E-state index contributed by atoms with van der Waals surface area (Å²) < 4.78 is 64.3. The monoisotopic (exact) mass is 1180 g/mol. The maximum Gasteiger partial charge on any atom is 0.312 e. The molecular formula is C55H90FIN4O14. The fourth-order valence-corrected chi connectivity index (χ4v) is 12.5. The maximum atomic E-state index is 14.8. The molecule has 75 heavy (non-hydrogen) atoms. The van der Waals surface area contributed by atoms with Gasteiger partial charge < -0.3 is 73.7 Å². The highest BCUT2D eigenvalue weighted by atomic mass is 127. The van der Waals surface area contributed by atoms with Crippen molar-refractivity contribution in [2.45, 2.75) is 208 Å². The Labute approximate surface area is 458 Å². The van der Waals surface area contributed by atoms with E-state index in [-0.39, 0.29) is 48.9 Å². The number of carbonyl (C=O) groups is 3. The minimum atomic E-state index is -1.94. The first-order valence-electron chi connectivity index (χ1n) is 26.8. The number of ether oxygens (including phenoxy) is 8. The molecule has 4 aliphatic rings. The number of benzene rings is 1. The summed E-state index contributed by atoms with van der Waals surface area (Å²) in [4.78, 5) is 43.7. The summed E-state index contributed by atoms with van der Waals surface area (Å²) >= 11 is 1.80. The second-order valence-electron chi connectivity index (χ2n) is 22.7. The van der Waals surface area contributed by atoms with E-state index in [1.165, 1.54) is 21.1 Å². The maximum absolute atomic E-state index is 14.8. The van der Waals surface area contributed by atoms with Crippen LogP contribution >= 0.6 is 22.6 Å². The van der Waals surface area contributed by atoms with Gasteiger partial charge in [0, 0.05) is 90.7 Å². The Morgan fingerprint density at radius 2 is 1.55 bits per heavy atom. The predicted molar refractivity (Wildman–Crippen MR) is 288 cm³/mol. The number of alkyl halides is 2. The number of rotatable bonds is 16. The number of cyclic esters (lactones) is 1. The van der Waals surface area contributed by atoms with Crippen molar-refractivity contribution in [1.29, 1.82) is 5.41 Å².